The van der Waals surface area contributed by atoms with E-state index in [1.165, 1.54) is 4.88 Å². The quantitative estimate of drug-likeness (QED) is 0.784. The molecule has 0 aliphatic heterocycles. The highest BCUT2D eigenvalue weighted by Gasteiger charge is 2.29. The monoisotopic (exact) mass is 337 g/mol. The summed E-state index contributed by atoms with van der Waals surface area (Å²) >= 11 is 3.43. The molecule has 6 nitrogen and oxygen atoms in total. The zero-order valence-electron chi connectivity index (χ0n) is 12.7. The molecule has 0 saturated heterocycles. The second-order valence-corrected chi connectivity index (χ2v) is 7.73. The zero-order chi connectivity index (χ0) is 15.7. The molecule has 1 fully saturated rings. The first-order valence-corrected chi connectivity index (χ1v) is 9.12. The molecule has 0 spiro atoms. The number of primary amides is 1. The van der Waals surface area contributed by atoms with Gasteiger partial charge < -0.3 is 10.3 Å². The van der Waals surface area contributed by atoms with Crippen LogP contribution in [0, 0.1) is 13.8 Å². The first kappa shape index (κ1) is 15.5. The van der Waals surface area contributed by atoms with E-state index in [1.54, 1.807) is 23.1 Å². The van der Waals surface area contributed by atoms with Crippen LogP contribution in [0.5, 0.6) is 0 Å². The molecule has 2 N–H and O–H groups in total. The number of aryl methyl sites for hydroxylation is 3. The van der Waals surface area contributed by atoms with E-state index in [-0.39, 0.29) is 5.91 Å². The van der Waals surface area contributed by atoms with E-state index in [4.69, 9.17) is 5.73 Å². The van der Waals surface area contributed by atoms with Crippen molar-refractivity contribution in [1.82, 2.24) is 19.7 Å². The molecule has 1 aliphatic rings. The van der Waals surface area contributed by atoms with Crippen LogP contribution in [0.1, 0.15) is 46.7 Å². The van der Waals surface area contributed by atoms with E-state index in [0.29, 0.717) is 18.9 Å². The largest absolute Gasteiger partial charge is 0.370 e. The van der Waals surface area contributed by atoms with Crippen LogP contribution >= 0.6 is 23.1 Å². The number of nitrogens with two attached hydrogens (primary N) is 1. The van der Waals surface area contributed by atoms with Gasteiger partial charge in [0, 0.05) is 29.5 Å². The Bertz CT molecular complexity index is 689. The van der Waals surface area contributed by atoms with Crippen LogP contribution in [-0.4, -0.2) is 25.7 Å². The molecular formula is C14H19N5OS2. The number of aromatic nitrogens is 4. The van der Waals surface area contributed by atoms with Gasteiger partial charge in [0.05, 0.1) is 10.7 Å². The molecule has 0 unspecified atom stereocenters. The molecule has 2 aromatic rings. The molecule has 118 valence electrons. The van der Waals surface area contributed by atoms with Crippen LogP contribution in [-0.2, 0) is 17.0 Å². The van der Waals surface area contributed by atoms with Gasteiger partial charge in [-0.3, -0.25) is 4.79 Å². The highest BCUT2D eigenvalue weighted by molar-refractivity contribution is 7.98. The Kier molecular flexibility index (Phi) is 4.49. The van der Waals surface area contributed by atoms with E-state index < -0.39 is 0 Å². The fourth-order valence-electron chi connectivity index (χ4n) is 2.35. The highest BCUT2D eigenvalue weighted by atomic mass is 32.2. The molecule has 1 aliphatic carbocycles. The van der Waals surface area contributed by atoms with Crippen molar-refractivity contribution in [1.29, 1.82) is 0 Å². The molecule has 8 heteroatoms. The van der Waals surface area contributed by atoms with Crippen molar-refractivity contribution in [3.63, 3.8) is 0 Å². The van der Waals surface area contributed by atoms with Gasteiger partial charge >= 0.3 is 0 Å². The zero-order valence-corrected chi connectivity index (χ0v) is 14.3. The number of amides is 1. The SMILES string of the molecule is Cc1nc(C)c(CSc2nnc(CCC(N)=O)n2C2CC2)s1. The molecule has 2 heterocycles. The number of rotatable bonds is 7. The smallest absolute Gasteiger partial charge is 0.217 e. The molecule has 22 heavy (non-hydrogen) atoms. The number of hydrogen-bond acceptors (Lipinski definition) is 6. The molecule has 0 radical (unpaired) electrons. The van der Waals surface area contributed by atoms with E-state index in [2.05, 4.69) is 19.7 Å². The summed E-state index contributed by atoms with van der Waals surface area (Å²) in [5.74, 6) is 1.44. The Morgan fingerprint density at radius 1 is 1.41 bits per heavy atom. The van der Waals surface area contributed by atoms with Gasteiger partial charge in [0.2, 0.25) is 5.91 Å². The second-order valence-electron chi connectivity index (χ2n) is 5.50. The first-order chi connectivity index (χ1) is 10.5. The third-order valence-electron chi connectivity index (χ3n) is 3.57. The van der Waals surface area contributed by atoms with Gasteiger partial charge in [-0.1, -0.05) is 11.8 Å². The maximum Gasteiger partial charge on any atom is 0.217 e. The highest BCUT2D eigenvalue weighted by Crippen LogP contribution is 2.39. The second kappa shape index (κ2) is 6.37. The summed E-state index contributed by atoms with van der Waals surface area (Å²) in [7, 11) is 0. The van der Waals surface area contributed by atoms with Gasteiger partial charge in [-0.2, -0.15) is 0 Å². The molecule has 1 amide bonds. The Balaban J connectivity index is 1.73. The van der Waals surface area contributed by atoms with Gasteiger partial charge in [0.15, 0.2) is 5.16 Å². The Labute approximate surface area is 137 Å². The van der Waals surface area contributed by atoms with Crippen molar-refractivity contribution in [3.05, 3.63) is 21.4 Å². The number of carbonyl (C=O) groups is 1. The standard InChI is InChI=1S/C14H19N5OS2/c1-8-11(22-9(2)16-8)7-21-14-18-17-13(6-5-12(15)20)19(14)10-3-4-10/h10H,3-7H2,1-2H3,(H2,15,20). The van der Waals surface area contributed by atoms with Crippen LogP contribution in [0.3, 0.4) is 0 Å². The average Bonchev–Trinajstić information content (AvgIpc) is 3.13. The number of hydrogen-bond donors (Lipinski definition) is 1. The fraction of sp³-hybridized carbons (Fsp3) is 0.571. The summed E-state index contributed by atoms with van der Waals surface area (Å²) < 4.78 is 2.19. The molecule has 0 bridgehead atoms. The lowest BCUT2D eigenvalue weighted by Crippen LogP contribution is -2.13. The van der Waals surface area contributed by atoms with Crippen LogP contribution in [0.15, 0.2) is 5.16 Å². The third kappa shape index (κ3) is 3.49. The molecule has 3 rings (SSSR count). The first-order valence-electron chi connectivity index (χ1n) is 7.32. The Morgan fingerprint density at radius 2 is 2.18 bits per heavy atom. The van der Waals surface area contributed by atoms with Crippen LogP contribution in [0.25, 0.3) is 0 Å². The average molecular weight is 337 g/mol. The van der Waals surface area contributed by atoms with Crippen LogP contribution < -0.4 is 5.73 Å². The normalized spacial score (nSPS) is 14.5. The minimum absolute atomic E-state index is 0.296. The lowest BCUT2D eigenvalue weighted by atomic mass is 10.3. The summed E-state index contributed by atoms with van der Waals surface area (Å²) in [6.45, 7) is 4.07. The lowest BCUT2D eigenvalue weighted by Gasteiger charge is -2.07. The number of thiazole rings is 1. The van der Waals surface area contributed by atoms with Crippen molar-refractivity contribution in [2.24, 2.45) is 5.73 Å². The van der Waals surface area contributed by atoms with Crippen molar-refractivity contribution in [2.45, 2.75) is 56.5 Å². The molecule has 2 aromatic heterocycles. The topological polar surface area (TPSA) is 86.7 Å². The maximum atomic E-state index is 11.0. The minimum atomic E-state index is -0.296. The maximum absolute atomic E-state index is 11.0. The lowest BCUT2D eigenvalue weighted by molar-refractivity contribution is -0.118. The Hall–Kier alpha value is -1.41. The van der Waals surface area contributed by atoms with E-state index in [0.717, 1.165) is 40.3 Å². The summed E-state index contributed by atoms with van der Waals surface area (Å²) in [6, 6.07) is 0.490. The van der Waals surface area contributed by atoms with E-state index in [9.17, 15) is 4.79 Å². The number of thioether (sulfide) groups is 1. The Morgan fingerprint density at radius 3 is 2.77 bits per heavy atom. The van der Waals surface area contributed by atoms with Crippen LogP contribution in [0.2, 0.25) is 0 Å². The summed E-state index contributed by atoms with van der Waals surface area (Å²) in [6.07, 6.45) is 3.21. The number of carbonyl (C=O) groups excluding carboxylic acids is 1. The molecule has 0 aromatic carbocycles. The van der Waals surface area contributed by atoms with Crippen molar-refractivity contribution in [2.75, 3.05) is 0 Å². The van der Waals surface area contributed by atoms with Gasteiger partial charge in [0.25, 0.3) is 0 Å². The predicted octanol–water partition coefficient (Wildman–Crippen LogP) is 2.40. The van der Waals surface area contributed by atoms with Gasteiger partial charge in [-0.15, -0.1) is 21.5 Å². The van der Waals surface area contributed by atoms with E-state index in [1.807, 2.05) is 13.8 Å². The minimum Gasteiger partial charge on any atom is -0.370 e. The molecular weight excluding hydrogens is 318 g/mol. The van der Waals surface area contributed by atoms with Crippen LogP contribution in [0.4, 0.5) is 0 Å². The summed E-state index contributed by atoms with van der Waals surface area (Å²) in [4.78, 5) is 16.7. The van der Waals surface area contributed by atoms with Crippen molar-refractivity contribution >= 4 is 29.0 Å². The van der Waals surface area contributed by atoms with Gasteiger partial charge in [-0.05, 0) is 26.7 Å². The van der Waals surface area contributed by atoms with Crippen molar-refractivity contribution < 1.29 is 4.79 Å². The molecule has 1 saturated carbocycles. The summed E-state index contributed by atoms with van der Waals surface area (Å²) in [5, 5.41) is 10.6. The van der Waals surface area contributed by atoms with E-state index >= 15 is 0 Å². The number of nitrogens with zero attached hydrogens (tertiary/aromatic N) is 4. The van der Waals surface area contributed by atoms with Gasteiger partial charge in [-0.25, -0.2) is 4.98 Å². The fourth-order valence-corrected chi connectivity index (χ4v) is 4.45. The predicted molar refractivity (Wildman–Crippen MR) is 87.0 cm³/mol. The molecule has 0 atom stereocenters. The van der Waals surface area contributed by atoms with Crippen molar-refractivity contribution in [3.8, 4) is 0 Å². The summed E-state index contributed by atoms with van der Waals surface area (Å²) in [5.41, 5.74) is 6.33. The third-order valence-corrected chi connectivity index (χ3v) is 5.80. The van der Waals surface area contributed by atoms with Gasteiger partial charge in [0.1, 0.15) is 5.82 Å².